The van der Waals surface area contributed by atoms with E-state index in [4.69, 9.17) is 5.11 Å². The Morgan fingerprint density at radius 1 is 1.43 bits per heavy atom. The first-order valence-electron chi connectivity index (χ1n) is 7.64. The van der Waals surface area contributed by atoms with E-state index >= 15 is 0 Å². The van der Waals surface area contributed by atoms with Crippen molar-refractivity contribution >= 4 is 17.8 Å². The fraction of sp³-hybridized carbons (Fsp3) is 0.600. The van der Waals surface area contributed by atoms with Gasteiger partial charge in [-0.15, -0.1) is 0 Å². The molecule has 2 amide bonds. The predicted molar refractivity (Wildman–Crippen MR) is 81.3 cm³/mol. The third-order valence-corrected chi connectivity index (χ3v) is 4.13. The Morgan fingerprint density at radius 3 is 2.78 bits per heavy atom. The number of nitrogens with one attached hydrogen (secondary N) is 1. The van der Waals surface area contributed by atoms with Gasteiger partial charge in [-0.1, -0.05) is 0 Å². The van der Waals surface area contributed by atoms with Gasteiger partial charge in [-0.05, 0) is 12.8 Å². The Bertz CT molecular complexity index is 598. The number of carboxylic acid groups (broad SMARTS) is 1. The van der Waals surface area contributed by atoms with Crippen LogP contribution in [0, 0.1) is 5.92 Å². The SMILES string of the molecule is CN1C(=O)CCC(C(=O)NCCCC(=O)O)C1c1cnn(C)c1. The summed E-state index contributed by atoms with van der Waals surface area (Å²) in [4.78, 5) is 36.5. The maximum atomic E-state index is 12.5. The van der Waals surface area contributed by atoms with Gasteiger partial charge in [0.1, 0.15) is 0 Å². The number of hydrogen-bond acceptors (Lipinski definition) is 4. The molecule has 0 aromatic carbocycles. The van der Waals surface area contributed by atoms with Crippen molar-refractivity contribution in [1.82, 2.24) is 20.0 Å². The van der Waals surface area contributed by atoms with Crippen molar-refractivity contribution in [2.45, 2.75) is 31.7 Å². The van der Waals surface area contributed by atoms with Crippen LogP contribution in [0.3, 0.4) is 0 Å². The van der Waals surface area contributed by atoms with E-state index in [1.807, 2.05) is 6.20 Å². The summed E-state index contributed by atoms with van der Waals surface area (Å²) < 4.78 is 1.64. The highest BCUT2D eigenvalue weighted by atomic mass is 16.4. The molecule has 1 aliphatic heterocycles. The minimum atomic E-state index is -0.879. The topological polar surface area (TPSA) is 105 Å². The summed E-state index contributed by atoms with van der Waals surface area (Å²) in [6.45, 7) is 0.319. The van der Waals surface area contributed by atoms with E-state index in [2.05, 4.69) is 10.4 Å². The van der Waals surface area contributed by atoms with Crippen molar-refractivity contribution in [3.05, 3.63) is 18.0 Å². The molecule has 0 bridgehead atoms. The molecule has 0 aliphatic carbocycles. The van der Waals surface area contributed by atoms with Crippen LogP contribution < -0.4 is 5.32 Å². The number of carbonyl (C=O) groups excluding carboxylic acids is 2. The molecule has 0 radical (unpaired) electrons. The molecule has 1 fully saturated rings. The molecular weight excluding hydrogens is 300 g/mol. The van der Waals surface area contributed by atoms with Crippen LogP contribution >= 0.6 is 0 Å². The number of carbonyl (C=O) groups is 3. The van der Waals surface area contributed by atoms with E-state index in [9.17, 15) is 14.4 Å². The van der Waals surface area contributed by atoms with Gasteiger partial charge in [0, 0.05) is 45.2 Å². The first-order valence-corrected chi connectivity index (χ1v) is 7.64. The number of nitrogens with zero attached hydrogens (tertiary/aromatic N) is 3. The largest absolute Gasteiger partial charge is 0.481 e. The molecule has 126 valence electrons. The number of hydrogen-bond donors (Lipinski definition) is 2. The number of carboxylic acids is 1. The van der Waals surface area contributed by atoms with Crippen molar-refractivity contribution in [3.63, 3.8) is 0 Å². The Hall–Kier alpha value is -2.38. The van der Waals surface area contributed by atoms with E-state index < -0.39 is 5.97 Å². The van der Waals surface area contributed by atoms with Crippen molar-refractivity contribution in [1.29, 1.82) is 0 Å². The first kappa shape index (κ1) is 17.0. The van der Waals surface area contributed by atoms with Crippen LogP contribution in [-0.2, 0) is 21.4 Å². The zero-order valence-corrected chi connectivity index (χ0v) is 13.4. The fourth-order valence-corrected chi connectivity index (χ4v) is 2.94. The van der Waals surface area contributed by atoms with E-state index in [1.165, 1.54) is 0 Å². The molecule has 0 saturated carbocycles. The second-order valence-corrected chi connectivity index (χ2v) is 5.83. The summed E-state index contributed by atoms with van der Waals surface area (Å²) in [6, 6.07) is -0.343. The normalized spacial score (nSPS) is 21.3. The molecule has 1 aliphatic rings. The van der Waals surface area contributed by atoms with Gasteiger partial charge in [0.2, 0.25) is 11.8 Å². The van der Waals surface area contributed by atoms with Gasteiger partial charge in [0.25, 0.3) is 0 Å². The van der Waals surface area contributed by atoms with Gasteiger partial charge in [0.05, 0.1) is 18.2 Å². The smallest absolute Gasteiger partial charge is 0.303 e. The number of amides is 2. The van der Waals surface area contributed by atoms with Crippen molar-refractivity contribution in [2.75, 3.05) is 13.6 Å². The Labute approximate surface area is 134 Å². The Kier molecular flexibility index (Phi) is 5.36. The first-order chi connectivity index (χ1) is 10.9. The van der Waals surface area contributed by atoms with Crippen molar-refractivity contribution in [3.8, 4) is 0 Å². The molecule has 1 aromatic heterocycles. The quantitative estimate of drug-likeness (QED) is 0.734. The minimum absolute atomic E-state index is 0.00813. The van der Waals surface area contributed by atoms with Crippen molar-refractivity contribution in [2.24, 2.45) is 13.0 Å². The number of piperidine rings is 1. The average Bonchev–Trinajstić information content (AvgIpc) is 2.92. The second kappa shape index (κ2) is 7.26. The van der Waals surface area contributed by atoms with E-state index in [0.717, 1.165) is 5.56 Å². The van der Waals surface area contributed by atoms with Crippen LogP contribution in [-0.4, -0.2) is 51.2 Å². The zero-order valence-electron chi connectivity index (χ0n) is 13.4. The molecule has 0 spiro atoms. The van der Waals surface area contributed by atoms with Gasteiger partial charge in [-0.25, -0.2) is 0 Å². The van der Waals surface area contributed by atoms with Crippen LogP contribution in [0.4, 0.5) is 0 Å². The average molecular weight is 322 g/mol. The molecule has 8 nitrogen and oxygen atoms in total. The molecule has 1 saturated heterocycles. The van der Waals surface area contributed by atoms with Gasteiger partial charge in [-0.2, -0.15) is 5.10 Å². The minimum Gasteiger partial charge on any atom is -0.481 e. The Balaban J connectivity index is 2.06. The van der Waals surface area contributed by atoms with Crippen LogP contribution in [0.25, 0.3) is 0 Å². The zero-order chi connectivity index (χ0) is 17.0. The molecule has 2 N–H and O–H groups in total. The van der Waals surface area contributed by atoms with E-state index in [0.29, 0.717) is 25.8 Å². The van der Waals surface area contributed by atoms with Crippen LogP contribution in [0.15, 0.2) is 12.4 Å². The van der Waals surface area contributed by atoms with Crippen LogP contribution in [0.1, 0.15) is 37.3 Å². The number of rotatable bonds is 6. The third-order valence-electron chi connectivity index (χ3n) is 4.13. The number of aliphatic carboxylic acids is 1. The van der Waals surface area contributed by atoms with Gasteiger partial charge in [0.15, 0.2) is 0 Å². The maximum Gasteiger partial charge on any atom is 0.303 e. The number of aromatic nitrogens is 2. The van der Waals surface area contributed by atoms with E-state index in [1.54, 1.807) is 29.9 Å². The summed E-state index contributed by atoms with van der Waals surface area (Å²) in [6.07, 6.45) is 4.71. The summed E-state index contributed by atoms with van der Waals surface area (Å²) in [5.41, 5.74) is 0.828. The highest BCUT2D eigenvalue weighted by Gasteiger charge is 2.39. The predicted octanol–water partition coefficient (Wildman–Crippen LogP) is 0.311. The molecule has 2 rings (SSSR count). The summed E-state index contributed by atoms with van der Waals surface area (Å²) >= 11 is 0. The van der Waals surface area contributed by atoms with Crippen molar-refractivity contribution < 1.29 is 19.5 Å². The Morgan fingerprint density at radius 2 is 2.17 bits per heavy atom. The lowest BCUT2D eigenvalue weighted by Gasteiger charge is -2.37. The highest BCUT2D eigenvalue weighted by molar-refractivity contribution is 5.84. The maximum absolute atomic E-state index is 12.5. The van der Waals surface area contributed by atoms with Gasteiger partial charge in [-0.3, -0.25) is 19.1 Å². The van der Waals surface area contributed by atoms with Gasteiger partial charge < -0.3 is 15.3 Å². The number of aryl methyl sites for hydroxylation is 1. The molecular formula is C15H22N4O4. The molecule has 8 heteroatoms. The summed E-state index contributed by atoms with van der Waals surface area (Å²) in [7, 11) is 3.49. The molecule has 2 heterocycles. The molecule has 2 unspecified atom stereocenters. The number of likely N-dealkylation sites (tertiary alicyclic amines) is 1. The lowest BCUT2D eigenvalue weighted by atomic mass is 9.85. The second-order valence-electron chi connectivity index (χ2n) is 5.83. The third kappa shape index (κ3) is 4.08. The van der Waals surface area contributed by atoms with Crippen LogP contribution in [0.2, 0.25) is 0 Å². The van der Waals surface area contributed by atoms with Crippen LogP contribution in [0.5, 0.6) is 0 Å². The lowest BCUT2D eigenvalue weighted by molar-refractivity contribution is -0.142. The molecule has 1 aromatic rings. The summed E-state index contributed by atoms with van der Waals surface area (Å²) in [5.74, 6) is -1.38. The fourth-order valence-electron chi connectivity index (χ4n) is 2.94. The highest BCUT2D eigenvalue weighted by Crippen LogP contribution is 2.35. The summed E-state index contributed by atoms with van der Waals surface area (Å²) in [5, 5.41) is 15.5. The molecule has 23 heavy (non-hydrogen) atoms. The monoisotopic (exact) mass is 322 g/mol. The van der Waals surface area contributed by atoms with Gasteiger partial charge >= 0.3 is 5.97 Å². The lowest BCUT2D eigenvalue weighted by Crippen LogP contribution is -2.46. The van der Waals surface area contributed by atoms with E-state index in [-0.39, 0.29) is 30.2 Å². The standard InChI is InChI=1S/C15H22N4O4/c1-18-9-10(8-17-18)14-11(5-6-12(20)19(14)2)15(23)16-7-3-4-13(21)22/h8-9,11,14H,3-7H2,1-2H3,(H,16,23)(H,21,22). The molecule has 2 atom stereocenters.